The van der Waals surface area contributed by atoms with Crippen molar-refractivity contribution < 1.29 is 43.0 Å². The molecule has 1 fully saturated rings. The summed E-state index contributed by atoms with van der Waals surface area (Å²) in [6, 6.07) is 20.7. The molecular weight excluding hydrogens is 586 g/mol. The molecule has 0 bridgehead atoms. The third-order valence-electron chi connectivity index (χ3n) is 6.77. The number of rotatable bonds is 12. The zero-order chi connectivity index (χ0) is 32.0. The van der Waals surface area contributed by atoms with Crippen LogP contribution in [-0.4, -0.2) is 47.2 Å². The molecule has 238 valence electrons. The summed E-state index contributed by atoms with van der Waals surface area (Å²) in [4.78, 5) is 50.0. The van der Waals surface area contributed by atoms with Crippen LogP contribution in [0.1, 0.15) is 51.9 Å². The summed E-state index contributed by atoms with van der Waals surface area (Å²) in [5.41, 5.74) is -0.162. The van der Waals surface area contributed by atoms with Crippen LogP contribution in [0.3, 0.4) is 0 Å². The minimum absolute atomic E-state index is 0.0372. The second-order valence-electron chi connectivity index (χ2n) is 10.2. The van der Waals surface area contributed by atoms with Gasteiger partial charge in [-0.1, -0.05) is 38.0 Å². The van der Waals surface area contributed by atoms with Gasteiger partial charge in [-0.05, 0) is 67.8 Å². The Morgan fingerprint density at radius 2 is 1.53 bits per heavy atom. The molecule has 45 heavy (non-hydrogen) atoms. The van der Waals surface area contributed by atoms with E-state index in [0.29, 0.717) is 49.5 Å². The standard InChI is InChI=1S/C32H35N3O10/c1-2-3-5-12-28(44-32(38)43-27-16-14-23(15-17-27)35(39)40)33-30(36)45-29-13-8-9-22-34(29)31(37)42-26-20-18-25(19-21-26)41-24-10-6-4-7-11-24/h4,6-7,10-11,14-21,28-29H,2-3,5,8-9,12-13,22H2,1H3,(H,33,36). The van der Waals surface area contributed by atoms with Gasteiger partial charge in [-0.25, -0.2) is 14.4 Å². The highest BCUT2D eigenvalue weighted by molar-refractivity contribution is 5.73. The molecule has 0 spiro atoms. The Hall–Kier alpha value is -5.33. The number of nitro groups is 1. The number of likely N-dealkylation sites (tertiary alicyclic amines) is 1. The molecular formula is C32H35N3O10. The highest BCUT2D eigenvalue weighted by Gasteiger charge is 2.32. The first-order chi connectivity index (χ1) is 21.8. The van der Waals surface area contributed by atoms with Crippen molar-refractivity contribution in [2.24, 2.45) is 0 Å². The third kappa shape index (κ3) is 10.4. The smallest absolute Gasteiger partial charge is 0.457 e. The number of alkyl carbamates (subject to hydrolysis) is 1. The van der Waals surface area contributed by atoms with Gasteiger partial charge in [0.25, 0.3) is 5.69 Å². The SMILES string of the molecule is CCCCCC(NC(=O)OC1CCCCN1C(=O)Oc1ccc(Oc2ccccc2)cc1)OC(=O)Oc1ccc([N+](=O)[O-])cc1. The summed E-state index contributed by atoms with van der Waals surface area (Å²) in [6.45, 7) is 2.33. The number of unbranched alkanes of at least 4 members (excludes halogenated alkanes) is 2. The molecule has 4 rings (SSSR count). The number of hydrogen-bond acceptors (Lipinski definition) is 10. The molecule has 1 aliphatic heterocycles. The Labute approximate surface area is 260 Å². The predicted octanol–water partition coefficient (Wildman–Crippen LogP) is 7.55. The van der Waals surface area contributed by atoms with Crippen LogP contribution in [0.15, 0.2) is 78.9 Å². The quantitative estimate of drug-likeness (QED) is 0.0535. The number of benzene rings is 3. The minimum Gasteiger partial charge on any atom is -0.457 e. The summed E-state index contributed by atoms with van der Waals surface area (Å²) < 4.78 is 27.3. The lowest BCUT2D eigenvalue weighted by atomic mass is 10.1. The van der Waals surface area contributed by atoms with E-state index in [0.717, 1.165) is 19.3 Å². The molecule has 13 nitrogen and oxygen atoms in total. The maximum Gasteiger partial charge on any atom is 0.515 e. The number of nitrogens with zero attached hydrogens (tertiary/aromatic N) is 2. The summed E-state index contributed by atoms with van der Waals surface area (Å²) in [7, 11) is 0. The van der Waals surface area contributed by atoms with Gasteiger partial charge >= 0.3 is 18.3 Å². The fraction of sp³-hybridized carbons (Fsp3) is 0.344. The molecule has 3 aromatic carbocycles. The summed E-state index contributed by atoms with van der Waals surface area (Å²) in [5, 5.41) is 13.4. The zero-order valence-electron chi connectivity index (χ0n) is 24.8. The molecule has 3 aromatic rings. The normalized spacial score (nSPS) is 14.9. The minimum atomic E-state index is -1.10. The van der Waals surface area contributed by atoms with Gasteiger partial charge in [0.05, 0.1) is 4.92 Å². The lowest BCUT2D eigenvalue weighted by Gasteiger charge is -2.34. The Morgan fingerprint density at radius 3 is 2.22 bits per heavy atom. The van der Waals surface area contributed by atoms with Crippen molar-refractivity contribution >= 4 is 24.0 Å². The van der Waals surface area contributed by atoms with E-state index in [1.54, 1.807) is 24.3 Å². The molecule has 2 atom stereocenters. The predicted molar refractivity (Wildman–Crippen MR) is 161 cm³/mol. The van der Waals surface area contributed by atoms with E-state index in [2.05, 4.69) is 5.32 Å². The number of non-ortho nitro benzene ring substituents is 1. The Morgan fingerprint density at radius 1 is 0.889 bits per heavy atom. The van der Waals surface area contributed by atoms with Crippen molar-refractivity contribution in [2.45, 2.75) is 64.3 Å². The van der Waals surface area contributed by atoms with Gasteiger partial charge < -0.3 is 23.7 Å². The number of amides is 2. The molecule has 1 N–H and O–H groups in total. The van der Waals surface area contributed by atoms with Gasteiger partial charge in [0.1, 0.15) is 23.0 Å². The first-order valence-electron chi connectivity index (χ1n) is 14.7. The fourth-order valence-electron chi connectivity index (χ4n) is 4.49. The van der Waals surface area contributed by atoms with Crippen LogP contribution < -0.4 is 19.5 Å². The van der Waals surface area contributed by atoms with Crippen molar-refractivity contribution in [2.75, 3.05) is 6.54 Å². The number of para-hydroxylation sites is 1. The molecule has 2 unspecified atom stereocenters. The second-order valence-corrected chi connectivity index (χ2v) is 10.2. The van der Waals surface area contributed by atoms with E-state index in [1.165, 1.54) is 29.2 Å². The van der Waals surface area contributed by atoms with Crippen molar-refractivity contribution in [1.82, 2.24) is 10.2 Å². The topological polar surface area (TPSA) is 156 Å². The summed E-state index contributed by atoms with van der Waals surface area (Å²) in [5.74, 6) is 1.58. The molecule has 0 radical (unpaired) electrons. The second kappa shape index (κ2) is 16.5. The molecule has 0 aromatic heterocycles. The molecule has 13 heteroatoms. The number of nitrogens with one attached hydrogen (secondary N) is 1. The van der Waals surface area contributed by atoms with Crippen LogP contribution in [0, 0.1) is 10.1 Å². The van der Waals surface area contributed by atoms with Crippen molar-refractivity contribution in [3.05, 3.63) is 89.0 Å². The Balaban J connectivity index is 1.31. The number of carbonyl (C=O) groups is 3. The van der Waals surface area contributed by atoms with Crippen molar-refractivity contribution in [3.8, 4) is 23.0 Å². The lowest BCUT2D eigenvalue weighted by Crippen LogP contribution is -2.49. The van der Waals surface area contributed by atoms with Crippen LogP contribution in [-0.2, 0) is 9.47 Å². The van der Waals surface area contributed by atoms with Gasteiger partial charge in [0.15, 0.2) is 12.5 Å². The highest BCUT2D eigenvalue weighted by Crippen LogP contribution is 2.25. The number of carbonyl (C=O) groups excluding carboxylic acids is 3. The first kappa shape index (κ1) is 32.6. The molecule has 1 aliphatic rings. The van der Waals surface area contributed by atoms with Gasteiger partial charge in [0.2, 0.25) is 0 Å². The van der Waals surface area contributed by atoms with E-state index < -0.39 is 35.7 Å². The van der Waals surface area contributed by atoms with Gasteiger partial charge in [-0.3, -0.25) is 20.3 Å². The number of piperidine rings is 1. The van der Waals surface area contributed by atoms with Crippen molar-refractivity contribution in [3.63, 3.8) is 0 Å². The number of hydrogen-bond donors (Lipinski definition) is 1. The summed E-state index contributed by atoms with van der Waals surface area (Å²) >= 11 is 0. The van der Waals surface area contributed by atoms with Crippen LogP contribution in [0.2, 0.25) is 0 Å². The Kier molecular flexibility index (Phi) is 11.9. The molecule has 0 saturated carbocycles. The van der Waals surface area contributed by atoms with Crippen LogP contribution in [0.5, 0.6) is 23.0 Å². The van der Waals surface area contributed by atoms with Crippen LogP contribution in [0.4, 0.5) is 20.1 Å². The fourth-order valence-corrected chi connectivity index (χ4v) is 4.49. The molecule has 1 saturated heterocycles. The molecule has 1 heterocycles. The highest BCUT2D eigenvalue weighted by atomic mass is 16.7. The van der Waals surface area contributed by atoms with Gasteiger partial charge in [-0.2, -0.15) is 0 Å². The van der Waals surface area contributed by atoms with Crippen molar-refractivity contribution in [1.29, 1.82) is 0 Å². The van der Waals surface area contributed by atoms with E-state index in [4.69, 9.17) is 23.7 Å². The average molecular weight is 622 g/mol. The van der Waals surface area contributed by atoms with E-state index in [1.807, 2.05) is 37.3 Å². The van der Waals surface area contributed by atoms with E-state index >= 15 is 0 Å². The molecule has 0 aliphatic carbocycles. The number of ether oxygens (including phenoxy) is 5. The monoisotopic (exact) mass is 621 g/mol. The lowest BCUT2D eigenvalue weighted by molar-refractivity contribution is -0.384. The zero-order valence-corrected chi connectivity index (χ0v) is 24.8. The third-order valence-corrected chi connectivity index (χ3v) is 6.77. The van der Waals surface area contributed by atoms with E-state index in [-0.39, 0.29) is 11.4 Å². The largest absolute Gasteiger partial charge is 0.515 e. The summed E-state index contributed by atoms with van der Waals surface area (Å²) in [6.07, 6.45) is -0.138. The van der Waals surface area contributed by atoms with E-state index in [9.17, 15) is 24.5 Å². The molecule has 2 amide bonds. The maximum absolute atomic E-state index is 13.0. The maximum atomic E-state index is 13.0. The average Bonchev–Trinajstić information content (AvgIpc) is 3.03. The first-order valence-corrected chi connectivity index (χ1v) is 14.7. The van der Waals surface area contributed by atoms with Gasteiger partial charge in [-0.15, -0.1) is 0 Å². The van der Waals surface area contributed by atoms with Gasteiger partial charge in [0, 0.05) is 31.5 Å². The van der Waals surface area contributed by atoms with Crippen LogP contribution in [0.25, 0.3) is 0 Å². The van der Waals surface area contributed by atoms with Crippen LogP contribution >= 0.6 is 0 Å². The Bertz CT molecular complexity index is 1420. The number of nitro benzene ring substituents is 1.